The third-order valence-electron chi connectivity index (χ3n) is 5.20. The zero-order chi connectivity index (χ0) is 23.3. The van der Waals surface area contributed by atoms with Crippen LogP contribution in [0, 0.1) is 20.8 Å². The SMILES string of the molecule is CCOc1ccccc1NC(=O)CN(c1cccc(C)c1C)S(=O)(=O)c1ccc(C)cc1. The first kappa shape index (κ1) is 23.3. The Morgan fingerprint density at radius 2 is 1.62 bits per heavy atom. The highest BCUT2D eigenvalue weighted by Crippen LogP contribution is 2.29. The normalized spacial score (nSPS) is 11.1. The zero-order valence-electron chi connectivity index (χ0n) is 18.8. The van der Waals surface area contributed by atoms with Gasteiger partial charge in [0.25, 0.3) is 10.0 Å². The van der Waals surface area contributed by atoms with Gasteiger partial charge in [0.1, 0.15) is 12.3 Å². The predicted octanol–water partition coefficient (Wildman–Crippen LogP) is 4.84. The number of carbonyl (C=O) groups is 1. The molecule has 3 rings (SSSR count). The Kier molecular flexibility index (Phi) is 7.20. The molecule has 6 nitrogen and oxygen atoms in total. The Morgan fingerprint density at radius 3 is 2.31 bits per heavy atom. The van der Waals surface area contributed by atoms with Crippen LogP contribution in [0.1, 0.15) is 23.6 Å². The summed E-state index contributed by atoms with van der Waals surface area (Å²) in [5.41, 5.74) is 3.65. The summed E-state index contributed by atoms with van der Waals surface area (Å²) in [5.74, 6) is 0.0665. The minimum absolute atomic E-state index is 0.131. The van der Waals surface area contributed by atoms with Crippen LogP contribution in [0.4, 0.5) is 11.4 Å². The van der Waals surface area contributed by atoms with Crippen molar-refractivity contribution in [3.05, 3.63) is 83.4 Å². The number of aryl methyl sites for hydroxylation is 2. The zero-order valence-corrected chi connectivity index (χ0v) is 19.6. The smallest absolute Gasteiger partial charge is 0.264 e. The fourth-order valence-corrected chi connectivity index (χ4v) is 4.79. The summed E-state index contributed by atoms with van der Waals surface area (Å²) in [6.07, 6.45) is 0. The van der Waals surface area contributed by atoms with Crippen LogP contribution < -0.4 is 14.4 Å². The first-order valence-electron chi connectivity index (χ1n) is 10.4. The average Bonchev–Trinajstić information content (AvgIpc) is 2.76. The molecule has 168 valence electrons. The maximum atomic E-state index is 13.6. The van der Waals surface area contributed by atoms with E-state index in [-0.39, 0.29) is 11.4 Å². The van der Waals surface area contributed by atoms with Gasteiger partial charge in [-0.1, -0.05) is 42.0 Å². The highest BCUT2D eigenvalue weighted by molar-refractivity contribution is 7.92. The number of para-hydroxylation sites is 2. The average molecular weight is 453 g/mol. The molecule has 0 spiro atoms. The van der Waals surface area contributed by atoms with Crippen LogP contribution in [-0.2, 0) is 14.8 Å². The van der Waals surface area contributed by atoms with Gasteiger partial charge in [-0.15, -0.1) is 0 Å². The quantitative estimate of drug-likeness (QED) is 0.530. The molecule has 3 aromatic carbocycles. The van der Waals surface area contributed by atoms with Crippen LogP contribution in [-0.4, -0.2) is 27.5 Å². The van der Waals surface area contributed by atoms with Crippen molar-refractivity contribution in [3.63, 3.8) is 0 Å². The van der Waals surface area contributed by atoms with Crippen LogP contribution in [0.2, 0.25) is 0 Å². The highest BCUT2D eigenvalue weighted by Gasteiger charge is 2.28. The Morgan fingerprint density at radius 1 is 0.938 bits per heavy atom. The van der Waals surface area contributed by atoms with Crippen LogP contribution in [0.15, 0.2) is 71.6 Å². The number of anilines is 2. The first-order valence-corrected chi connectivity index (χ1v) is 11.9. The molecular formula is C25H28N2O4S. The summed E-state index contributed by atoms with van der Waals surface area (Å²) >= 11 is 0. The molecule has 0 unspecified atom stereocenters. The van der Waals surface area contributed by atoms with E-state index in [0.717, 1.165) is 16.7 Å². The largest absolute Gasteiger partial charge is 0.492 e. The molecule has 0 atom stereocenters. The second kappa shape index (κ2) is 9.87. The van der Waals surface area contributed by atoms with Gasteiger partial charge < -0.3 is 10.1 Å². The Bertz CT molecular complexity index is 1200. The summed E-state index contributed by atoms with van der Waals surface area (Å²) in [7, 11) is -3.98. The van der Waals surface area contributed by atoms with Gasteiger partial charge in [-0.2, -0.15) is 0 Å². The second-order valence-corrected chi connectivity index (χ2v) is 9.38. The lowest BCUT2D eigenvalue weighted by Crippen LogP contribution is -2.38. The summed E-state index contributed by atoms with van der Waals surface area (Å²) in [5, 5.41) is 2.79. The molecule has 0 saturated heterocycles. The second-order valence-electron chi connectivity index (χ2n) is 7.52. The van der Waals surface area contributed by atoms with Gasteiger partial charge in [0.05, 0.1) is 22.9 Å². The molecule has 1 amide bonds. The lowest BCUT2D eigenvalue weighted by atomic mass is 10.1. The van der Waals surface area contributed by atoms with Gasteiger partial charge in [-0.05, 0) is 69.2 Å². The number of hydrogen-bond donors (Lipinski definition) is 1. The number of sulfonamides is 1. The Hall–Kier alpha value is -3.32. The van der Waals surface area contributed by atoms with Gasteiger partial charge in [0.2, 0.25) is 5.91 Å². The van der Waals surface area contributed by atoms with E-state index in [1.54, 1.807) is 54.6 Å². The fourth-order valence-electron chi connectivity index (χ4n) is 3.31. The molecule has 0 aliphatic carbocycles. The molecule has 0 aliphatic rings. The highest BCUT2D eigenvalue weighted by atomic mass is 32.2. The van der Waals surface area contributed by atoms with Gasteiger partial charge >= 0.3 is 0 Å². The van der Waals surface area contributed by atoms with Crippen LogP contribution >= 0.6 is 0 Å². The van der Waals surface area contributed by atoms with E-state index in [1.807, 2.05) is 39.8 Å². The van der Waals surface area contributed by atoms with Gasteiger partial charge in [0, 0.05) is 0 Å². The molecular weight excluding hydrogens is 424 g/mol. The van der Waals surface area contributed by atoms with Crippen LogP contribution in [0.25, 0.3) is 0 Å². The van der Waals surface area contributed by atoms with Crippen molar-refractivity contribution < 1.29 is 17.9 Å². The first-order chi connectivity index (χ1) is 15.2. The van der Waals surface area contributed by atoms with Crippen molar-refractivity contribution in [1.82, 2.24) is 0 Å². The van der Waals surface area contributed by atoms with Crippen LogP contribution in [0.3, 0.4) is 0 Å². The van der Waals surface area contributed by atoms with Crippen molar-refractivity contribution in [2.24, 2.45) is 0 Å². The number of nitrogens with zero attached hydrogens (tertiary/aromatic N) is 1. The van der Waals surface area contributed by atoms with Crippen molar-refractivity contribution >= 4 is 27.3 Å². The molecule has 7 heteroatoms. The number of benzene rings is 3. The summed E-state index contributed by atoms with van der Waals surface area (Å²) in [4.78, 5) is 13.1. The van der Waals surface area contributed by atoms with E-state index >= 15 is 0 Å². The molecule has 1 N–H and O–H groups in total. The lowest BCUT2D eigenvalue weighted by Gasteiger charge is -2.26. The maximum absolute atomic E-state index is 13.6. The summed E-state index contributed by atoms with van der Waals surface area (Å²) < 4.78 is 33.9. The standard InChI is InChI=1S/C25H28N2O4S/c1-5-31-24-12-7-6-10-22(24)26-25(28)17-27(23-11-8-9-19(3)20(23)4)32(29,30)21-15-13-18(2)14-16-21/h6-16H,5,17H2,1-4H3,(H,26,28). The van der Waals surface area contributed by atoms with Crippen molar-refractivity contribution in [3.8, 4) is 5.75 Å². The van der Waals surface area contributed by atoms with Gasteiger partial charge in [-0.3, -0.25) is 9.10 Å². The molecule has 0 aromatic heterocycles. The van der Waals surface area contributed by atoms with E-state index in [1.165, 1.54) is 4.31 Å². The minimum atomic E-state index is -3.98. The minimum Gasteiger partial charge on any atom is -0.492 e. The molecule has 32 heavy (non-hydrogen) atoms. The molecule has 0 aliphatic heterocycles. The number of rotatable bonds is 8. The van der Waals surface area contributed by atoms with Crippen molar-refractivity contribution in [2.75, 3.05) is 22.8 Å². The predicted molar refractivity (Wildman–Crippen MR) is 128 cm³/mol. The lowest BCUT2D eigenvalue weighted by molar-refractivity contribution is -0.114. The number of nitrogens with one attached hydrogen (secondary N) is 1. The third-order valence-corrected chi connectivity index (χ3v) is 6.98. The van der Waals surface area contributed by atoms with Gasteiger partial charge in [0.15, 0.2) is 0 Å². The fraction of sp³-hybridized carbons (Fsp3) is 0.240. The molecule has 0 saturated carbocycles. The van der Waals surface area contributed by atoms with E-state index in [4.69, 9.17) is 4.74 Å². The van der Waals surface area contributed by atoms with E-state index in [9.17, 15) is 13.2 Å². The van der Waals surface area contributed by atoms with Crippen LogP contribution in [0.5, 0.6) is 5.75 Å². The molecule has 3 aromatic rings. The van der Waals surface area contributed by atoms with E-state index in [0.29, 0.717) is 23.7 Å². The molecule has 0 heterocycles. The van der Waals surface area contributed by atoms with E-state index in [2.05, 4.69) is 5.32 Å². The number of hydrogen-bond acceptors (Lipinski definition) is 4. The number of carbonyl (C=O) groups excluding carboxylic acids is 1. The number of ether oxygens (including phenoxy) is 1. The Labute approximate surface area is 189 Å². The summed E-state index contributed by atoms with van der Waals surface area (Å²) in [6, 6.07) is 19.1. The van der Waals surface area contributed by atoms with Crippen molar-refractivity contribution in [1.29, 1.82) is 0 Å². The molecule has 0 bridgehead atoms. The monoisotopic (exact) mass is 452 g/mol. The molecule has 0 fully saturated rings. The third kappa shape index (κ3) is 5.11. The Balaban J connectivity index is 1.99. The topological polar surface area (TPSA) is 75.7 Å². The summed E-state index contributed by atoms with van der Waals surface area (Å²) in [6.45, 7) is 7.58. The maximum Gasteiger partial charge on any atom is 0.264 e. The van der Waals surface area contributed by atoms with E-state index < -0.39 is 15.9 Å². The van der Waals surface area contributed by atoms with Crippen molar-refractivity contribution in [2.45, 2.75) is 32.6 Å². The molecule has 0 radical (unpaired) electrons. The number of amides is 1. The van der Waals surface area contributed by atoms with Gasteiger partial charge in [-0.25, -0.2) is 8.42 Å².